The Morgan fingerprint density at radius 1 is 0.982 bits per heavy atom. The van der Waals surface area contributed by atoms with Gasteiger partial charge in [0.2, 0.25) is 5.75 Å². The number of rotatable bonds is 8. The van der Waals surface area contributed by atoms with E-state index in [1.54, 1.807) is 13.0 Å². The van der Waals surface area contributed by atoms with Crippen LogP contribution in [0.15, 0.2) is 72.6 Å². The Kier molecular flexibility index (Phi) is 12.9. The summed E-state index contributed by atoms with van der Waals surface area (Å²) in [5.41, 5.74) is 5.70. The molecule has 12 nitrogen and oxygen atoms in total. The molecule has 5 N–H and O–H groups in total. The minimum atomic E-state index is -0.690. The highest BCUT2D eigenvalue weighted by molar-refractivity contribution is 5.97. The smallest absolute Gasteiger partial charge is 0.302 e. The van der Waals surface area contributed by atoms with Crippen molar-refractivity contribution in [3.63, 3.8) is 0 Å². The van der Waals surface area contributed by atoms with Gasteiger partial charge in [-0.1, -0.05) is 25.5 Å². The van der Waals surface area contributed by atoms with Crippen molar-refractivity contribution in [2.45, 2.75) is 97.3 Å². The van der Waals surface area contributed by atoms with Crippen LogP contribution in [0.3, 0.4) is 0 Å². The Labute approximate surface area is 327 Å². The first kappa shape index (κ1) is 40.2. The molecule has 0 radical (unpaired) electrons. The van der Waals surface area contributed by atoms with Gasteiger partial charge < -0.3 is 44.6 Å². The number of ether oxygens (including phenoxy) is 2. The zero-order valence-electron chi connectivity index (χ0n) is 32.8. The molecule has 4 bridgehead atoms. The number of aromatic amines is 1. The number of Topliss-reactive ketones (excluding diaryl/α,β-unsaturated/α-hetero) is 2. The Hall–Kier alpha value is -5.49. The van der Waals surface area contributed by atoms with Gasteiger partial charge in [-0.2, -0.15) is 0 Å². The predicted octanol–water partition coefficient (Wildman–Crippen LogP) is 6.90. The second-order valence-corrected chi connectivity index (χ2v) is 15.1. The molecule has 0 saturated heterocycles. The molecule has 0 spiro atoms. The summed E-state index contributed by atoms with van der Waals surface area (Å²) in [6, 6.07) is 6.15. The molecule has 298 valence electrons. The lowest BCUT2D eigenvalue weighted by Crippen LogP contribution is -2.35. The van der Waals surface area contributed by atoms with E-state index in [0.29, 0.717) is 43.0 Å². The molecule has 2 aromatic carbocycles. The van der Waals surface area contributed by atoms with Crippen molar-refractivity contribution < 1.29 is 39.2 Å². The van der Waals surface area contributed by atoms with Gasteiger partial charge in [0.25, 0.3) is 0 Å². The van der Waals surface area contributed by atoms with Crippen molar-refractivity contribution >= 4 is 34.0 Å². The van der Waals surface area contributed by atoms with Crippen LogP contribution in [0.1, 0.15) is 94.0 Å². The molecule has 0 aliphatic carbocycles. The number of aliphatic hydroxyl groups excluding tert-OH is 1. The van der Waals surface area contributed by atoms with Crippen molar-refractivity contribution in [2.75, 3.05) is 25.1 Å². The maximum absolute atomic E-state index is 14.2. The van der Waals surface area contributed by atoms with Crippen molar-refractivity contribution in [1.82, 2.24) is 14.9 Å². The number of methoxy groups -OCH3 is 1. The number of hydrogen-bond donors (Lipinski definition) is 5. The van der Waals surface area contributed by atoms with Gasteiger partial charge in [0.05, 0.1) is 25.4 Å². The van der Waals surface area contributed by atoms with Crippen molar-refractivity contribution in [2.24, 2.45) is 5.92 Å². The van der Waals surface area contributed by atoms with E-state index in [0.717, 1.165) is 54.4 Å². The summed E-state index contributed by atoms with van der Waals surface area (Å²) in [6.07, 6.45) is 16.7. The maximum atomic E-state index is 14.2. The van der Waals surface area contributed by atoms with Crippen LogP contribution in [0, 0.1) is 5.92 Å². The number of hydrogen-bond acceptors (Lipinski definition) is 10. The molecular formula is C44H54N4O8. The number of aromatic nitrogens is 2. The molecule has 3 atom stereocenters. The topological polar surface area (TPSA) is 166 Å². The van der Waals surface area contributed by atoms with E-state index < -0.39 is 29.6 Å². The SMILES string of the molecule is CC[C@H]1CC[C@@H](OC(C)=O)CC(=O)C[C@@H](c2cc(O)c(O)c(OC)c2)n2cc3c(CO)ccc(c3c2)N(CCC(C)=O)C2=CC(=CCN2)CCc2c[nH]cc2C1. The van der Waals surface area contributed by atoms with Gasteiger partial charge in [-0.3, -0.25) is 14.4 Å². The summed E-state index contributed by atoms with van der Waals surface area (Å²) >= 11 is 0. The lowest BCUT2D eigenvalue weighted by Gasteiger charge is -2.31. The van der Waals surface area contributed by atoms with E-state index >= 15 is 0 Å². The second-order valence-electron chi connectivity index (χ2n) is 15.1. The van der Waals surface area contributed by atoms with E-state index in [1.807, 2.05) is 29.1 Å². The molecule has 0 amide bonds. The minimum absolute atomic E-state index is 0.00477. The third-order valence-electron chi connectivity index (χ3n) is 11.2. The van der Waals surface area contributed by atoms with Gasteiger partial charge in [0.15, 0.2) is 11.5 Å². The zero-order valence-corrected chi connectivity index (χ0v) is 32.8. The summed E-state index contributed by atoms with van der Waals surface area (Å²) in [4.78, 5) is 44.3. The van der Waals surface area contributed by atoms with Gasteiger partial charge in [-0.25, -0.2) is 0 Å². The number of nitrogens with one attached hydrogen (secondary N) is 2. The fourth-order valence-corrected chi connectivity index (χ4v) is 8.07. The van der Waals surface area contributed by atoms with Crippen LogP contribution >= 0.6 is 0 Å². The zero-order chi connectivity index (χ0) is 39.9. The molecule has 0 fully saturated rings. The fraction of sp³-hybridized carbons (Fsp3) is 0.432. The minimum Gasteiger partial charge on any atom is -0.504 e. The van der Waals surface area contributed by atoms with Crippen LogP contribution in [-0.2, 0) is 38.6 Å². The normalized spacial score (nSPS) is 19.7. The monoisotopic (exact) mass is 766 g/mol. The number of aryl methyl sites for hydroxylation is 1. The first-order valence-electron chi connectivity index (χ1n) is 19.6. The molecule has 6 rings (SSSR count). The van der Waals surface area contributed by atoms with Crippen LogP contribution in [-0.4, -0.2) is 68.7 Å². The number of phenolic OH excluding ortho intramolecular Hbond substituents is 2. The maximum Gasteiger partial charge on any atom is 0.302 e. The molecular weight excluding hydrogens is 713 g/mol. The number of aliphatic hydroxyl groups is 1. The first-order chi connectivity index (χ1) is 27.0. The third-order valence-corrected chi connectivity index (χ3v) is 11.2. The number of carbonyl (C=O) groups excluding carboxylic acids is 3. The number of anilines is 1. The number of carbonyl (C=O) groups is 3. The molecule has 0 saturated carbocycles. The molecule has 4 heterocycles. The number of dihydropyridines is 1. The predicted molar refractivity (Wildman–Crippen MR) is 215 cm³/mol. The van der Waals surface area contributed by atoms with Crippen molar-refractivity contribution in [3.8, 4) is 17.2 Å². The fourth-order valence-electron chi connectivity index (χ4n) is 8.07. The summed E-state index contributed by atoms with van der Waals surface area (Å²) in [7, 11) is 1.39. The average molecular weight is 767 g/mol. The van der Waals surface area contributed by atoms with Gasteiger partial charge >= 0.3 is 5.97 Å². The van der Waals surface area contributed by atoms with E-state index in [-0.39, 0.29) is 36.8 Å². The summed E-state index contributed by atoms with van der Waals surface area (Å²) in [5.74, 6) is -0.139. The number of H-pyrrole nitrogens is 1. The Morgan fingerprint density at radius 3 is 2.50 bits per heavy atom. The van der Waals surface area contributed by atoms with Gasteiger partial charge in [-0.05, 0) is 97.0 Å². The molecule has 2 aliphatic rings. The molecule has 2 aromatic heterocycles. The van der Waals surface area contributed by atoms with Crippen LogP contribution in [0.25, 0.3) is 10.8 Å². The number of fused-ring (bicyclic) bond motifs is 3. The van der Waals surface area contributed by atoms with Crippen LogP contribution in [0.2, 0.25) is 0 Å². The Morgan fingerprint density at radius 2 is 1.77 bits per heavy atom. The molecule has 56 heavy (non-hydrogen) atoms. The number of aromatic hydroxyl groups is 2. The summed E-state index contributed by atoms with van der Waals surface area (Å²) in [6.45, 7) is 5.89. The molecule has 0 unspecified atom stereocenters. The van der Waals surface area contributed by atoms with Gasteiger partial charge in [-0.15, -0.1) is 0 Å². The quantitative estimate of drug-likeness (QED) is 0.0941. The highest BCUT2D eigenvalue weighted by atomic mass is 16.5. The van der Waals surface area contributed by atoms with E-state index in [2.05, 4.69) is 46.7 Å². The van der Waals surface area contributed by atoms with Gasteiger partial charge in [0.1, 0.15) is 23.5 Å². The van der Waals surface area contributed by atoms with E-state index in [9.17, 15) is 29.7 Å². The average Bonchev–Trinajstić information content (AvgIpc) is 3.82. The van der Waals surface area contributed by atoms with E-state index in [4.69, 9.17) is 9.47 Å². The standard InChI is InChI=1S/C44H54N4O8/c1-5-29-7-10-36(56-28(3)51)20-35(52)21-40(33-18-41(53)44(54)42(19-33)55-4)47-24-37-32(26-49)9-11-39(38(37)25-47)48(15-13-27(2)50)43-17-30(12-14-46-43)6-8-31-22-45-23-34(31)16-29/h9,11-12,17-19,22-25,29,36,40,45-46,49,53-54H,5-8,10,13-16,20-21,26H2,1-4H3/t29-,36+,40-/m0/s1. The van der Waals surface area contributed by atoms with E-state index in [1.165, 1.54) is 36.8 Å². The van der Waals surface area contributed by atoms with Crippen LogP contribution in [0.4, 0.5) is 5.69 Å². The van der Waals surface area contributed by atoms with Gasteiger partial charge in [0, 0.05) is 74.8 Å². The number of phenols is 2. The number of nitrogens with zero attached hydrogens (tertiary/aromatic N) is 2. The first-order valence-corrected chi connectivity index (χ1v) is 19.6. The lowest BCUT2D eigenvalue weighted by molar-refractivity contribution is -0.148. The van der Waals surface area contributed by atoms with Crippen molar-refractivity contribution in [3.05, 3.63) is 94.9 Å². The Balaban J connectivity index is 1.51. The number of allylic oxidation sites excluding steroid dienone is 2. The summed E-state index contributed by atoms with van der Waals surface area (Å²) < 4.78 is 13.0. The molecule has 12 heteroatoms. The largest absolute Gasteiger partial charge is 0.504 e. The second kappa shape index (κ2) is 18.0. The highest BCUT2D eigenvalue weighted by Gasteiger charge is 2.28. The third kappa shape index (κ3) is 9.30. The number of ketones is 2. The highest BCUT2D eigenvalue weighted by Crippen LogP contribution is 2.42. The van der Waals surface area contributed by atoms with Crippen LogP contribution in [0.5, 0.6) is 17.2 Å². The lowest BCUT2D eigenvalue weighted by atomic mass is 9.89. The number of esters is 1. The summed E-state index contributed by atoms with van der Waals surface area (Å²) in [5, 5.41) is 36.9. The Bertz CT molecular complexity index is 2130. The van der Waals surface area contributed by atoms with Crippen LogP contribution < -0.4 is 15.0 Å². The van der Waals surface area contributed by atoms with Crippen molar-refractivity contribution in [1.29, 1.82) is 0 Å². The molecule has 4 aromatic rings. The molecule has 2 aliphatic heterocycles. The number of benzene rings is 2.